The second-order valence-electron chi connectivity index (χ2n) is 8.89. The number of piperidine rings is 1. The van der Waals surface area contributed by atoms with Gasteiger partial charge in [0.15, 0.2) is 0 Å². The second-order valence-corrected chi connectivity index (χ2v) is 8.89. The Morgan fingerprint density at radius 1 is 1.16 bits per heavy atom. The van der Waals surface area contributed by atoms with E-state index >= 15 is 0 Å². The number of aromatic nitrogens is 1. The zero-order valence-electron chi connectivity index (χ0n) is 18.4. The second kappa shape index (κ2) is 9.17. The van der Waals surface area contributed by atoms with Crippen LogP contribution in [0.5, 0.6) is 5.75 Å². The topological polar surface area (TPSA) is 67.6 Å². The first-order chi connectivity index (χ1) is 15.7. The van der Waals surface area contributed by atoms with Crippen molar-refractivity contribution in [3.8, 4) is 5.75 Å². The van der Waals surface area contributed by atoms with Crippen molar-refractivity contribution in [1.82, 2.24) is 15.4 Å². The molecule has 3 aromatic rings. The smallest absolute Gasteiger partial charge is 0.290 e. The van der Waals surface area contributed by atoms with E-state index in [2.05, 4.69) is 39.6 Å². The molecule has 32 heavy (non-hydrogen) atoms. The summed E-state index contributed by atoms with van der Waals surface area (Å²) in [5.41, 5.74) is 4.74. The molecule has 2 aromatic carbocycles. The fourth-order valence-electron chi connectivity index (χ4n) is 4.98. The standard InChI is InChI=1S/C26H29N3O3/c1-31-23-10-4-6-18(12-23)16-29-11-5-9-21(17-29)24-15-25(32-28-24)26(30)27-22-13-19-7-2-3-8-20(19)14-22/h2-4,6-8,10,12,15,21-22H,5,9,11,13-14,16-17H2,1H3,(H,27,30)/t21-/m1/s1. The number of hydrogen-bond donors (Lipinski definition) is 1. The molecule has 0 unspecified atom stereocenters. The minimum absolute atomic E-state index is 0.112. The van der Waals surface area contributed by atoms with Gasteiger partial charge in [0.05, 0.1) is 12.8 Å². The van der Waals surface area contributed by atoms with Crippen LogP contribution in [0.15, 0.2) is 59.1 Å². The van der Waals surface area contributed by atoms with Crippen LogP contribution in [0.25, 0.3) is 0 Å². The summed E-state index contributed by atoms with van der Waals surface area (Å²) in [6, 6.07) is 18.5. The van der Waals surface area contributed by atoms with E-state index in [-0.39, 0.29) is 17.9 Å². The Kier molecular flexibility index (Phi) is 5.95. The van der Waals surface area contributed by atoms with E-state index < -0.39 is 0 Å². The monoisotopic (exact) mass is 431 g/mol. The lowest BCUT2D eigenvalue weighted by atomic mass is 9.94. The number of carbonyl (C=O) groups is 1. The Hall–Kier alpha value is -3.12. The maximum absolute atomic E-state index is 12.7. The van der Waals surface area contributed by atoms with Gasteiger partial charge in [-0.1, -0.05) is 41.6 Å². The van der Waals surface area contributed by atoms with E-state index in [9.17, 15) is 4.79 Å². The molecule has 5 rings (SSSR count). The number of hydrogen-bond acceptors (Lipinski definition) is 5. The van der Waals surface area contributed by atoms with Crippen molar-refractivity contribution >= 4 is 5.91 Å². The van der Waals surface area contributed by atoms with Gasteiger partial charge in [-0.25, -0.2) is 0 Å². The van der Waals surface area contributed by atoms with Crippen molar-refractivity contribution in [2.75, 3.05) is 20.2 Å². The van der Waals surface area contributed by atoms with Gasteiger partial charge in [0.1, 0.15) is 5.75 Å². The van der Waals surface area contributed by atoms with E-state index in [1.807, 2.05) is 30.3 Å². The van der Waals surface area contributed by atoms with Crippen molar-refractivity contribution in [3.63, 3.8) is 0 Å². The quantitative estimate of drug-likeness (QED) is 0.640. The van der Waals surface area contributed by atoms with Crippen molar-refractivity contribution in [2.24, 2.45) is 0 Å². The summed E-state index contributed by atoms with van der Waals surface area (Å²) in [4.78, 5) is 15.2. The highest BCUT2D eigenvalue weighted by Gasteiger charge is 2.27. The van der Waals surface area contributed by atoms with Gasteiger partial charge in [-0.2, -0.15) is 0 Å². The lowest BCUT2D eigenvalue weighted by Gasteiger charge is -2.31. The molecule has 1 aliphatic carbocycles. The molecule has 1 saturated heterocycles. The molecule has 1 fully saturated rings. The minimum Gasteiger partial charge on any atom is -0.497 e. The van der Waals surface area contributed by atoms with Gasteiger partial charge in [0.25, 0.3) is 5.91 Å². The average molecular weight is 432 g/mol. The summed E-state index contributed by atoms with van der Waals surface area (Å²) in [6.07, 6.45) is 3.89. The summed E-state index contributed by atoms with van der Waals surface area (Å²) < 4.78 is 10.8. The molecule has 0 saturated carbocycles. The molecule has 1 aromatic heterocycles. The number of fused-ring (bicyclic) bond motifs is 1. The van der Waals surface area contributed by atoms with Crippen LogP contribution in [0.2, 0.25) is 0 Å². The number of amides is 1. The number of nitrogens with zero attached hydrogens (tertiary/aromatic N) is 2. The van der Waals surface area contributed by atoms with Crippen LogP contribution in [0.1, 0.15) is 51.7 Å². The summed E-state index contributed by atoms with van der Waals surface area (Å²) in [7, 11) is 1.69. The van der Waals surface area contributed by atoms with Crippen molar-refractivity contribution < 1.29 is 14.1 Å². The van der Waals surface area contributed by atoms with Gasteiger partial charge in [-0.3, -0.25) is 9.69 Å². The Labute approximate surface area is 188 Å². The fraction of sp³-hybridized carbons (Fsp3) is 0.385. The van der Waals surface area contributed by atoms with E-state index in [0.717, 1.165) is 56.8 Å². The van der Waals surface area contributed by atoms with Crippen molar-refractivity contribution in [2.45, 2.75) is 44.2 Å². The van der Waals surface area contributed by atoms with Crippen LogP contribution < -0.4 is 10.1 Å². The molecule has 166 valence electrons. The number of methoxy groups -OCH3 is 1. The number of carbonyl (C=O) groups excluding carboxylic acids is 1. The first-order valence-electron chi connectivity index (χ1n) is 11.4. The van der Waals surface area contributed by atoms with Crippen LogP contribution in [0.4, 0.5) is 0 Å². The van der Waals surface area contributed by atoms with Gasteiger partial charge in [-0.05, 0) is 61.1 Å². The predicted octanol–water partition coefficient (Wildman–Crippen LogP) is 3.96. The predicted molar refractivity (Wildman–Crippen MR) is 122 cm³/mol. The molecule has 0 bridgehead atoms. The Balaban J connectivity index is 1.19. The lowest BCUT2D eigenvalue weighted by Crippen LogP contribution is -2.35. The number of ether oxygens (including phenoxy) is 1. The van der Waals surface area contributed by atoms with E-state index in [4.69, 9.17) is 9.26 Å². The van der Waals surface area contributed by atoms with Crippen LogP contribution in [-0.4, -0.2) is 42.2 Å². The molecule has 0 spiro atoms. The number of benzene rings is 2. The Morgan fingerprint density at radius 2 is 1.97 bits per heavy atom. The SMILES string of the molecule is COc1cccc(CN2CCC[C@@H](c3cc(C(=O)NC4Cc5ccccc5C4)on3)C2)c1. The van der Waals surface area contributed by atoms with Crippen LogP contribution in [0, 0.1) is 0 Å². The summed E-state index contributed by atoms with van der Waals surface area (Å²) in [5, 5.41) is 7.38. The maximum atomic E-state index is 12.7. The van der Waals surface area contributed by atoms with Crippen LogP contribution >= 0.6 is 0 Å². The molecule has 6 nitrogen and oxygen atoms in total. The van der Waals surface area contributed by atoms with Crippen LogP contribution in [-0.2, 0) is 19.4 Å². The lowest BCUT2D eigenvalue weighted by molar-refractivity contribution is 0.0901. The number of rotatable bonds is 6. The first kappa shape index (κ1) is 20.8. The zero-order chi connectivity index (χ0) is 21.9. The highest BCUT2D eigenvalue weighted by atomic mass is 16.5. The Bertz CT molecular complexity index is 1070. The minimum atomic E-state index is -0.175. The maximum Gasteiger partial charge on any atom is 0.290 e. The third-order valence-electron chi connectivity index (χ3n) is 6.60. The number of nitrogens with one attached hydrogen (secondary N) is 1. The molecule has 1 amide bonds. The molecule has 1 atom stereocenters. The van der Waals surface area contributed by atoms with E-state index in [1.54, 1.807) is 7.11 Å². The van der Waals surface area contributed by atoms with Crippen LogP contribution in [0.3, 0.4) is 0 Å². The van der Waals surface area contributed by atoms with Gasteiger partial charge in [0, 0.05) is 31.1 Å². The zero-order valence-corrected chi connectivity index (χ0v) is 18.4. The van der Waals surface area contributed by atoms with Crippen molar-refractivity contribution in [3.05, 3.63) is 82.7 Å². The van der Waals surface area contributed by atoms with Gasteiger partial charge >= 0.3 is 0 Å². The third kappa shape index (κ3) is 4.55. The molecule has 1 aliphatic heterocycles. The molecular formula is C26H29N3O3. The number of likely N-dealkylation sites (tertiary alicyclic amines) is 1. The molecule has 1 N–H and O–H groups in total. The average Bonchev–Trinajstić information content (AvgIpc) is 3.46. The fourth-order valence-corrected chi connectivity index (χ4v) is 4.98. The Morgan fingerprint density at radius 3 is 2.75 bits per heavy atom. The summed E-state index contributed by atoms with van der Waals surface area (Å²) in [6.45, 7) is 2.84. The molecule has 6 heteroatoms. The van der Waals surface area contributed by atoms with Gasteiger partial charge < -0.3 is 14.6 Å². The van der Waals surface area contributed by atoms with E-state index in [0.29, 0.717) is 5.76 Å². The molecule has 2 heterocycles. The first-order valence-corrected chi connectivity index (χ1v) is 11.4. The highest BCUT2D eigenvalue weighted by Crippen LogP contribution is 2.28. The third-order valence-corrected chi connectivity index (χ3v) is 6.60. The largest absolute Gasteiger partial charge is 0.497 e. The normalized spacial score (nSPS) is 19.0. The van der Waals surface area contributed by atoms with Gasteiger partial charge in [0.2, 0.25) is 5.76 Å². The highest BCUT2D eigenvalue weighted by molar-refractivity contribution is 5.91. The van der Waals surface area contributed by atoms with Gasteiger partial charge in [-0.15, -0.1) is 0 Å². The molecular weight excluding hydrogens is 402 g/mol. The molecule has 0 radical (unpaired) electrons. The molecule has 2 aliphatic rings. The van der Waals surface area contributed by atoms with Crippen molar-refractivity contribution in [1.29, 1.82) is 0 Å². The summed E-state index contributed by atoms with van der Waals surface area (Å²) >= 11 is 0. The summed E-state index contributed by atoms with van der Waals surface area (Å²) in [5.74, 6) is 1.29. The van der Waals surface area contributed by atoms with E-state index in [1.165, 1.54) is 16.7 Å².